The zero-order valence-corrected chi connectivity index (χ0v) is 14.0. The number of carbonyl (C=O) groups excluding carboxylic acids is 2. The lowest BCUT2D eigenvalue weighted by Gasteiger charge is -2.20. The fourth-order valence-corrected chi connectivity index (χ4v) is 2.05. The number of methoxy groups -OCH3 is 1. The van der Waals surface area contributed by atoms with E-state index in [4.69, 9.17) is 5.11 Å². The first-order valence-electron chi connectivity index (χ1n) is 6.39. The molecular weight excluding hydrogens is 356 g/mol. The van der Waals surface area contributed by atoms with Crippen molar-refractivity contribution >= 4 is 39.6 Å². The number of urea groups is 1. The van der Waals surface area contributed by atoms with Crippen LogP contribution in [0.25, 0.3) is 0 Å². The van der Waals surface area contributed by atoms with Crippen LogP contribution in [0.3, 0.4) is 0 Å². The summed E-state index contributed by atoms with van der Waals surface area (Å²) in [6.45, 7) is 1.55. The Labute approximate surface area is 136 Å². The van der Waals surface area contributed by atoms with Crippen LogP contribution in [0.15, 0.2) is 22.7 Å². The number of rotatable bonds is 5. The van der Waals surface area contributed by atoms with Gasteiger partial charge in [-0.3, -0.25) is 4.79 Å². The Morgan fingerprint density at radius 1 is 1.41 bits per heavy atom. The lowest BCUT2D eigenvalue weighted by molar-refractivity contribution is -0.141. The largest absolute Gasteiger partial charge is 0.481 e. The van der Waals surface area contributed by atoms with E-state index in [0.29, 0.717) is 4.47 Å². The van der Waals surface area contributed by atoms with E-state index in [0.717, 1.165) is 0 Å². The molecule has 1 aromatic rings. The van der Waals surface area contributed by atoms with Gasteiger partial charge in [-0.05, 0) is 18.2 Å². The lowest BCUT2D eigenvalue weighted by Crippen LogP contribution is -2.37. The maximum absolute atomic E-state index is 12.1. The SMILES string of the molecule is COC(=O)c1cc(Br)ccc1NC(=O)N(C)CC(C)C(=O)O. The first-order valence-corrected chi connectivity index (χ1v) is 7.18. The van der Waals surface area contributed by atoms with E-state index in [1.165, 1.54) is 32.0 Å². The van der Waals surface area contributed by atoms with Crippen molar-refractivity contribution in [3.8, 4) is 0 Å². The molecule has 0 saturated carbocycles. The highest BCUT2D eigenvalue weighted by Crippen LogP contribution is 2.22. The van der Waals surface area contributed by atoms with Gasteiger partial charge in [0.2, 0.25) is 0 Å². The number of benzene rings is 1. The molecule has 0 saturated heterocycles. The van der Waals surface area contributed by atoms with Crippen molar-refractivity contribution < 1.29 is 24.2 Å². The fourth-order valence-electron chi connectivity index (χ4n) is 1.69. The zero-order chi connectivity index (χ0) is 16.9. The van der Waals surface area contributed by atoms with E-state index in [9.17, 15) is 14.4 Å². The van der Waals surface area contributed by atoms with Gasteiger partial charge < -0.3 is 20.1 Å². The average Bonchev–Trinajstić information content (AvgIpc) is 2.47. The Morgan fingerprint density at radius 3 is 2.59 bits per heavy atom. The second-order valence-corrected chi connectivity index (χ2v) is 5.65. The van der Waals surface area contributed by atoms with Gasteiger partial charge in [0, 0.05) is 18.1 Å². The first kappa shape index (κ1) is 18.0. The minimum absolute atomic E-state index is 0.0469. The minimum atomic E-state index is -0.987. The van der Waals surface area contributed by atoms with Crippen LogP contribution in [-0.4, -0.2) is 48.7 Å². The number of carboxylic acids is 1. The molecule has 0 heterocycles. The molecule has 1 aromatic carbocycles. The summed E-state index contributed by atoms with van der Waals surface area (Å²) in [6, 6.07) is 4.24. The summed E-state index contributed by atoms with van der Waals surface area (Å²) in [5.74, 6) is -2.27. The van der Waals surface area contributed by atoms with Crippen LogP contribution in [0.2, 0.25) is 0 Å². The maximum atomic E-state index is 12.1. The molecule has 120 valence electrons. The molecule has 2 amide bonds. The van der Waals surface area contributed by atoms with E-state index in [2.05, 4.69) is 26.0 Å². The van der Waals surface area contributed by atoms with Crippen molar-refractivity contribution in [2.24, 2.45) is 5.92 Å². The van der Waals surface area contributed by atoms with Gasteiger partial charge in [-0.2, -0.15) is 0 Å². The first-order chi connectivity index (χ1) is 10.3. The van der Waals surface area contributed by atoms with E-state index in [-0.39, 0.29) is 17.8 Å². The number of hydrogen-bond donors (Lipinski definition) is 2. The molecule has 0 radical (unpaired) electrons. The highest BCUT2D eigenvalue weighted by molar-refractivity contribution is 9.10. The van der Waals surface area contributed by atoms with E-state index in [1.54, 1.807) is 12.1 Å². The number of amides is 2. The third-order valence-electron chi connectivity index (χ3n) is 2.94. The number of nitrogens with zero attached hydrogens (tertiary/aromatic N) is 1. The monoisotopic (exact) mass is 372 g/mol. The third-order valence-corrected chi connectivity index (χ3v) is 3.44. The Bertz CT molecular complexity index is 591. The van der Waals surface area contributed by atoms with Crippen LogP contribution in [-0.2, 0) is 9.53 Å². The van der Waals surface area contributed by atoms with Crippen LogP contribution in [0.5, 0.6) is 0 Å². The third kappa shape index (κ3) is 4.73. The van der Waals surface area contributed by atoms with Crippen molar-refractivity contribution in [2.45, 2.75) is 6.92 Å². The molecule has 2 N–H and O–H groups in total. The predicted molar refractivity (Wildman–Crippen MR) is 83.9 cm³/mol. The molecule has 0 aliphatic rings. The quantitative estimate of drug-likeness (QED) is 0.773. The summed E-state index contributed by atoms with van der Waals surface area (Å²) < 4.78 is 5.33. The number of aliphatic carboxylic acids is 1. The zero-order valence-electron chi connectivity index (χ0n) is 12.4. The summed E-state index contributed by atoms with van der Waals surface area (Å²) in [6.07, 6.45) is 0. The smallest absolute Gasteiger partial charge is 0.340 e. The number of anilines is 1. The van der Waals surface area contributed by atoms with Gasteiger partial charge in [0.05, 0.1) is 24.3 Å². The topological polar surface area (TPSA) is 95.9 Å². The van der Waals surface area contributed by atoms with Gasteiger partial charge in [-0.15, -0.1) is 0 Å². The lowest BCUT2D eigenvalue weighted by atomic mass is 10.1. The molecule has 0 aliphatic carbocycles. The second-order valence-electron chi connectivity index (χ2n) is 4.73. The highest BCUT2D eigenvalue weighted by Gasteiger charge is 2.19. The van der Waals surface area contributed by atoms with Gasteiger partial charge in [-0.1, -0.05) is 22.9 Å². The molecule has 0 bridgehead atoms. The Balaban J connectivity index is 2.88. The molecule has 8 heteroatoms. The number of ether oxygens (including phenoxy) is 1. The molecule has 1 unspecified atom stereocenters. The summed E-state index contributed by atoms with van der Waals surface area (Å²) in [4.78, 5) is 35.8. The molecule has 0 fully saturated rings. The second kappa shape index (κ2) is 7.79. The molecule has 1 atom stereocenters. The number of carboxylic acid groups (broad SMARTS) is 1. The van der Waals surface area contributed by atoms with Gasteiger partial charge >= 0.3 is 18.0 Å². The van der Waals surface area contributed by atoms with Crippen molar-refractivity contribution in [3.63, 3.8) is 0 Å². The molecule has 0 aliphatic heterocycles. The van der Waals surface area contributed by atoms with Gasteiger partial charge in [0.1, 0.15) is 0 Å². The number of halogens is 1. The van der Waals surface area contributed by atoms with Gasteiger partial charge in [0.15, 0.2) is 0 Å². The van der Waals surface area contributed by atoms with Crippen molar-refractivity contribution in [2.75, 3.05) is 26.0 Å². The normalized spacial score (nSPS) is 11.5. The van der Waals surface area contributed by atoms with Gasteiger partial charge in [0.25, 0.3) is 0 Å². The Morgan fingerprint density at radius 2 is 2.05 bits per heavy atom. The molecular formula is C14H17BrN2O5. The van der Waals surface area contributed by atoms with Crippen LogP contribution >= 0.6 is 15.9 Å². The molecule has 0 spiro atoms. The van der Waals surface area contributed by atoms with E-state index in [1.807, 2.05) is 0 Å². The maximum Gasteiger partial charge on any atom is 0.340 e. The number of hydrogen-bond acceptors (Lipinski definition) is 4. The number of nitrogens with one attached hydrogen (secondary N) is 1. The van der Waals surface area contributed by atoms with Crippen molar-refractivity contribution in [1.82, 2.24) is 4.90 Å². The summed E-state index contributed by atoms with van der Waals surface area (Å²) in [7, 11) is 2.72. The molecule has 0 aromatic heterocycles. The minimum Gasteiger partial charge on any atom is -0.481 e. The Kier molecular flexibility index (Phi) is 6.36. The van der Waals surface area contributed by atoms with E-state index >= 15 is 0 Å². The highest BCUT2D eigenvalue weighted by atomic mass is 79.9. The predicted octanol–water partition coefficient (Wildman–Crippen LogP) is 2.42. The Hall–Kier alpha value is -2.09. The van der Waals surface area contributed by atoms with Gasteiger partial charge in [-0.25, -0.2) is 9.59 Å². The summed E-state index contributed by atoms with van der Waals surface area (Å²) in [5, 5.41) is 11.4. The average molecular weight is 373 g/mol. The molecule has 22 heavy (non-hydrogen) atoms. The summed E-state index contributed by atoms with van der Waals surface area (Å²) in [5.41, 5.74) is 0.486. The fraction of sp³-hybridized carbons (Fsp3) is 0.357. The summed E-state index contributed by atoms with van der Waals surface area (Å²) >= 11 is 3.24. The number of esters is 1. The standard InChI is InChI=1S/C14H17BrN2O5/c1-8(12(18)19)7-17(2)14(21)16-11-5-4-9(15)6-10(11)13(20)22-3/h4-6,8H,7H2,1-3H3,(H,16,21)(H,18,19). The molecule has 7 nitrogen and oxygen atoms in total. The van der Waals surface area contributed by atoms with Crippen molar-refractivity contribution in [1.29, 1.82) is 0 Å². The number of carbonyl (C=O) groups is 3. The van der Waals surface area contributed by atoms with Crippen molar-refractivity contribution in [3.05, 3.63) is 28.2 Å². The molecule has 1 rings (SSSR count). The van der Waals surface area contributed by atoms with Crippen LogP contribution in [0.1, 0.15) is 17.3 Å². The van der Waals surface area contributed by atoms with E-state index < -0.39 is 23.9 Å². The van der Waals surface area contributed by atoms with Crippen LogP contribution in [0.4, 0.5) is 10.5 Å². The van der Waals surface area contributed by atoms with Crippen LogP contribution in [0, 0.1) is 5.92 Å². The van der Waals surface area contributed by atoms with Crippen LogP contribution < -0.4 is 5.32 Å².